The molecule has 0 radical (unpaired) electrons. The highest BCUT2D eigenvalue weighted by Crippen LogP contribution is 2.46. The Morgan fingerprint density at radius 3 is 2.48 bits per heavy atom. The van der Waals surface area contributed by atoms with Crippen molar-refractivity contribution in [3.05, 3.63) is 34.9 Å². The molecule has 154 valence electrons. The van der Waals surface area contributed by atoms with Crippen LogP contribution in [0.5, 0.6) is 17.2 Å². The number of hydrogen-bond donors (Lipinski definition) is 2. The number of aromatic hydroxyl groups is 2. The maximum atomic E-state index is 12.8. The summed E-state index contributed by atoms with van der Waals surface area (Å²) in [4.78, 5) is 24.3. The quantitative estimate of drug-likeness (QED) is 0.743. The highest BCUT2D eigenvalue weighted by atomic mass is 16.6. The Balaban J connectivity index is 2.25. The summed E-state index contributed by atoms with van der Waals surface area (Å²) in [7, 11) is 1.51. The Hall–Kier alpha value is -3.02. The second kappa shape index (κ2) is 7.43. The first-order valence-corrected chi connectivity index (χ1v) is 9.56. The molecule has 1 atom stereocenters. The zero-order chi connectivity index (χ0) is 21.5. The molecular weight excluding hydrogens is 372 g/mol. The zero-order valence-electron chi connectivity index (χ0n) is 17.3. The van der Waals surface area contributed by atoms with Gasteiger partial charge in [-0.25, -0.2) is 0 Å². The molecule has 6 nitrogen and oxygen atoms in total. The van der Waals surface area contributed by atoms with Gasteiger partial charge in [0, 0.05) is 13.3 Å². The number of fused-ring (bicyclic) bond motifs is 2. The lowest BCUT2D eigenvalue weighted by Crippen LogP contribution is -2.40. The highest BCUT2D eigenvalue weighted by molar-refractivity contribution is 6.10. The van der Waals surface area contributed by atoms with Gasteiger partial charge < -0.3 is 19.7 Å². The number of benzene rings is 2. The molecule has 2 aromatic carbocycles. The molecule has 1 aliphatic carbocycles. The lowest BCUT2D eigenvalue weighted by molar-refractivity contribution is -0.155. The summed E-state index contributed by atoms with van der Waals surface area (Å²) in [5.41, 5.74) is 0.211. The van der Waals surface area contributed by atoms with Gasteiger partial charge in [-0.1, -0.05) is 26.0 Å². The van der Waals surface area contributed by atoms with E-state index in [1.54, 1.807) is 25.1 Å². The molecular formula is C23H26O6. The number of allylic oxidation sites excluding steroid dienone is 1. The summed E-state index contributed by atoms with van der Waals surface area (Å²) in [6, 6.07) is 3.46. The summed E-state index contributed by atoms with van der Waals surface area (Å²) in [6.45, 7) is 7.02. The molecule has 0 heterocycles. The summed E-state index contributed by atoms with van der Waals surface area (Å²) in [5, 5.41) is 22.5. The number of phenols is 2. The van der Waals surface area contributed by atoms with Crippen LogP contribution in [0.25, 0.3) is 16.8 Å². The molecule has 0 bridgehead atoms. The van der Waals surface area contributed by atoms with E-state index in [1.165, 1.54) is 14.0 Å². The number of esters is 1. The van der Waals surface area contributed by atoms with Crippen LogP contribution < -0.4 is 4.74 Å². The predicted molar refractivity (Wildman–Crippen MR) is 111 cm³/mol. The molecule has 0 saturated heterocycles. The van der Waals surface area contributed by atoms with E-state index in [0.29, 0.717) is 22.3 Å². The highest BCUT2D eigenvalue weighted by Gasteiger charge is 2.39. The van der Waals surface area contributed by atoms with Gasteiger partial charge in [0.15, 0.2) is 5.78 Å². The second-order valence-electron chi connectivity index (χ2n) is 8.12. The zero-order valence-corrected chi connectivity index (χ0v) is 17.3. The standard InChI is InChI=1S/C23H26O6/c1-12(2)6-7-16-18(28-5)9-14-8-15-10-23(4,29-13(3)24)11-17(25)19(15)22(27)20(14)21(16)26/h6-9,12,26-27H,10-11H2,1-5H3/b7-6+/t23-/m0/s1. The number of rotatable bonds is 4. The van der Waals surface area contributed by atoms with Gasteiger partial charge in [0.2, 0.25) is 0 Å². The smallest absolute Gasteiger partial charge is 0.303 e. The Morgan fingerprint density at radius 2 is 1.90 bits per heavy atom. The minimum Gasteiger partial charge on any atom is -0.506 e. The van der Waals surface area contributed by atoms with Crippen LogP contribution in [-0.2, 0) is 16.0 Å². The minimum absolute atomic E-state index is 0.0321. The fraction of sp³-hybridized carbons (Fsp3) is 0.391. The van der Waals surface area contributed by atoms with Crippen LogP contribution in [0.3, 0.4) is 0 Å². The van der Waals surface area contributed by atoms with E-state index < -0.39 is 11.6 Å². The van der Waals surface area contributed by atoms with Crippen molar-refractivity contribution < 1.29 is 29.3 Å². The largest absolute Gasteiger partial charge is 0.506 e. The molecule has 2 N–H and O–H groups in total. The molecule has 0 saturated carbocycles. The molecule has 0 amide bonds. The third kappa shape index (κ3) is 3.79. The number of methoxy groups -OCH3 is 1. The molecule has 0 aliphatic heterocycles. The van der Waals surface area contributed by atoms with Crippen LogP contribution in [0.2, 0.25) is 0 Å². The monoisotopic (exact) mass is 398 g/mol. The van der Waals surface area contributed by atoms with Gasteiger partial charge in [-0.15, -0.1) is 0 Å². The van der Waals surface area contributed by atoms with Crippen LogP contribution in [0.4, 0.5) is 0 Å². The van der Waals surface area contributed by atoms with Gasteiger partial charge in [-0.05, 0) is 35.9 Å². The van der Waals surface area contributed by atoms with Crippen molar-refractivity contribution in [2.45, 2.75) is 46.1 Å². The molecule has 3 rings (SSSR count). The van der Waals surface area contributed by atoms with Crippen molar-refractivity contribution in [3.63, 3.8) is 0 Å². The molecule has 0 spiro atoms. The average Bonchev–Trinajstić information content (AvgIpc) is 2.58. The molecule has 0 fully saturated rings. The summed E-state index contributed by atoms with van der Waals surface area (Å²) in [6.07, 6.45) is 3.91. The van der Waals surface area contributed by atoms with E-state index in [-0.39, 0.29) is 47.0 Å². The van der Waals surface area contributed by atoms with Crippen molar-refractivity contribution in [1.82, 2.24) is 0 Å². The maximum Gasteiger partial charge on any atom is 0.303 e. The molecule has 1 aliphatic rings. The van der Waals surface area contributed by atoms with E-state index in [1.807, 2.05) is 19.9 Å². The SMILES string of the molecule is COc1cc2cc3c(c(O)c2c(O)c1/C=C/C(C)C)C(=O)C[C@@](C)(OC(C)=O)C3. The van der Waals surface area contributed by atoms with E-state index in [4.69, 9.17) is 9.47 Å². The number of carbonyl (C=O) groups excluding carboxylic acids is 2. The second-order valence-corrected chi connectivity index (χ2v) is 8.12. The minimum atomic E-state index is -0.970. The van der Waals surface area contributed by atoms with E-state index in [9.17, 15) is 19.8 Å². The Morgan fingerprint density at radius 1 is 1.21 bits per heavy atom. The predicted octanol–water partition coefficient (Wildman–Crippen LogP) is 4.38. The van der Waals surface area contributed by atoms with Gasteiger partial charge in [0.1, 0.15) is 22.8 Å². The van der Waals surface area contributed by atoms with Crippen LogP contribution in [0.15, 0.2) is 18.2 Å². The fourth-order valence-corrected chi connectivity index (χ4v) is 3.96. The average molecular weight is 398 g/mol. The Labute approximate surface area is 169 Å². The van der Waals surface area contributed by atoms with Crippen LogP contribution >= 0.6 is 0 Å². The van der Waals surface area contributed by atoms with Crippen molar-refractivity contribution >= 4 is 28.6 Å². The van der Waals surface area contributed by atoms with Crippen LogP contribution in [-0.4, -0.2) is 34.7 Å². The van der Waals surface area contributed by atoms with Crippen LogP contribution in [0, 0.1) is 5.92 Å². The number of Topliss-reactive ketones (excluding diaryl/α,β-unsaturated/α-hetero) is 1. The van der Waals surface area contributed by atoms with E-state index in [2.05, 4.69) is 0 Å². The first kappa shape index (κ1) is 20.7. The summed E-state index contributed by atoms with van der Waals surface area (Å²) < 4.78 is 10.8. The lowest BCUT2D eigenvalue weighted by atomic mass is 9.78. The first-order valence-electron chi connectivity index (χ1n) is 9.56. The topological polar surface area (TPSA) is 93.1 Å². The normalized spacial score (nSPS) is 19.0. The van der Waals surface area contributed by atoms with Gasteiger partial charge in [-0.2, -0.15) is 0 Å². The molecule has 0 aromatic heterocycles. The van der Waals surface area contributed by atoms with Crippen LogP contribution in [0.1, 0.15) is 55.6 Å². The van der Waals surface area contributed by atoms with E-state index in [0.717, 1.165) is 0 Å². The molecule has 2 aromatic rings. The summed E-state index contributed by atoms with van der Waals surface area (Å²) >= 11 is 0. The first-order chi connectivity index (χ1) is 13.6. The Kier molecular flexibility index (Phi) is 5.30. The summed E-state index contributed by atoms with van der Waals surface area (Å²) in [5.74, 6) is -0.480. The molecule has 0 unspecified atom stereocenters. The van der Waals surface area contributed by atoms with Gasteiger partial charge in [0.25, 0.3) is 0 Å². The third-order valence-corrected chi connectivity index (χ3v) is 5.09. The number of ether oxygens (including phenoxy) is 2. The van der Waals surface area contributed by atoms with Gasteiger partial charge in [-0.3, -0.25) is 9.59 Å². The number of carbonyl (C=O) groups is 2. The van der Waals surface area contributed by atoms with Crippen molar-refractivity contribution in [2.24, 2.45) is 5.92 Å². The number of phenolic OH excluding ortho intramolecular Hbond substituents is 2. The van der Waals surface area contributed by atoms with Crippen molar-refractivity contribution in [3.8, 4) is 17.2 Å². The Bertz CT molecular complexity index is 1030. The van der Waals surface area contributed by atoms with E-state index >= 15 is 0 Å². The number of hydrogen-bond acceptors (Lipinski definition) is 6. The van der Waals surface area contributed by atoms with Gasteiger partial charge >= 0.3 is 5.97 Å². The third-order valence-electron chi connectivity index (χ3n) is 5.09. The van der Waals surface area contributed by atoms with Crippen molar-refractivity contribution in [1.29, 1.82) is 0 Å². The molecule has 29 heavy (non-hydrogen) atoms. The van der Waals surface area contributed by atoms with Gasteiger partial charge in [0.05, 0.1) is 30.0 Å². The lowest BCUT2D eigenvalue weighted by Gasteiger charge is -2.34. The molecule has 6 heteroatoms. The maximum absolute atomic E-state index is 12.8. The van der Waals surface area contributed by atoms with Crippen molar-refractivity contribution in [2.75, 3.05) is 7.11 Å². The number of ketones is 1. The fourth-order valence-electron chi connectivity index (χ4n) is 3.96.